The van der Waals surface area contributed by atoms with Crippen molar-refractivity contribution in [1.82, 2.24) is 16.0 Å². The van der Waals surface area contributed by atoms with Crippen LogP contribution in [0.15, 0.2) is 4.99 Å². The van der Waals surface area contributed by atoms with Gasteiger partial charge in [0.15, 0.2) is 5.96 Å². The molecule has 0 aliphatic rings. The first-order valence-electron chi connectivity index (χ1n) is 17.9. The summed E-state index contributed by atoms with van der Waals surface area (Å²) in [5.74, 6) is -1.45. The molecule has 46 heavy (non-hydrogen) atoms. The Kier molecular flexibility index (Phi) is 25.6. The SMILES string of the molecule is CCCCCCCCCCCCCCCC(=O)N[C@@H](CC(C)C)C(=O)N[C@@H](CC(C)C)C(=O)N[C@@H](CCCN=C(N)N)C(=O)OC. The number of guanidine groups is 1. The highest BCUT2D eigenvalue weighted by Gasteiger charge is 2.30. The third-order valence-corrected chi connectivity index (χ3v) is 7.95. The fourth-order valence-electron chi connectivity index (χ4n) is 5.42. The monoisotopic (exact) mass is 653 g/mol. The van der Waals surface area contributed by atoms with Gasteiger partial charge in [0.1, 0.15) is 18.1 Å². The lowest BCUT2D eigenvalue weighted by Gasteiger charge is -2.26. The Bertz CT molecular complexity index is 876. The van der Waals surface area contributed by atoms with Gasteiger partial charge in [-0.1, -0.05) is 112 Å². The van der Waals surface area contributed by atoms with Crippen molar-refractivity contribution in [3.05, 3.63) is 0 Å². The predicted octanol–water partition coefficient (Wildman–Crippen LogP) is 5.24. The molecule has 11 heteroatoms. The fraction of sp³-hybridized carbons (Fsp3) is 0.857. The van der Waals surface area contributed by atoms with Crippen LogP contribution in [0, 0.1) is 11.8 Å². The second-order valence-electron chi connectivity index (χ2n) is 13.5. The molecule has 0 bridgehead atoms. The third kappa shape index (κ3) is 23.5. The van der Waals surface area contributed by atoms with Crippen molar-refractivity contribution in [2.24, 2.45) is 28.3 Å². The highest BCUT2D eigenvalue weighted by molar-refractivity contribution is 5.93. The van der Waals surface area contributed by atoms with Crippen LogP contribution in [0.5, 0.6) is 0 Å². The van der Waals surface area contributed by atoms with E-state index in [-0.39, 0.29) is 30.1 Å². The predicted molar refractivity (Wildman–Crippen MR) is 187 cm³/mol. The van der Waals surface area contributed by atoms with Crippen LogP contribution >= 0.6 is 0 Å². The summed E-state index contributed by atoms with van der Waals surface area (Å²) in [7, 11) is 1.25. The summed E-state index contributed by atoms with van der Waals surface area (Å²) in [6.07, 6.45) is 17.9. The maximum absolute atomic E-state index is 13.4. The van der Waals surface area contributed by atoms with Gasteiger partial charge in [-0.15, -0.1) is 0 Å². The van der Waals surface area contributed by atoms with Gasteiger partial charge in [0, 0.05) is 13.0 Å². The number of methoxy groups -OCH3 is 1. The number of esters is 1. The first-order valence-corrected chi connectivity index (χ1v) is 17.9. The Morgan fingerprint density at radius 2 is 1.07 bits per heavy atom. The van der Waals surface area contributed by atoms with Gasteiger partial charge in [0.25, 0.3) is 0 Å². The molecule has 0 aromatic carbocycles. The van der Waals surface area contributed by atoms with Gasteiger partial charge in [0.2, 0.25) is 17.7 Å². The second-order valence-corrected chi connectivity index (χ2v) is 13.5. The van der Waals surface area contributed by atoms with E-state index in [9.17, 15) is 19.2 Å². The van der Waals surface area contributed by atoms with E-state index in [4.69, 9.17) is 16.2 Å². The zero-order valence-corrected chi connectivity index (χ0v) is 30.0. The molecule has 0 rings (SSSR count). The Hall–Kier alpha value is -2.85. The number of carbonyl (C=O) groups excluding carboxylic acids is 4. The van der Waals surface area contributed by atoms with Gasteiger partial charge in [-0.3, -0.25) is 19.4 Å². The zero-order chi connectivity index (χ0) is 34.7. The summed E-state index contributed by atoms with van der Waals surface area (Å²) in [4.78, 5) is 55.8. The third-order valence-electron chi connectivity index (χ3n) is 7.95. The van der Waals surface area contributed by atoms with Crippen LogP contribution in [0.3, 0.4) is 0 Å². The highest BCUT2D eigenvalue weighted by atomic mass is 16.5. The normalized spacial score (nSPS) is 13.1. The van der Waals surface area contributed by atoms with Gasteiger partial charge in [0.05, 0.1) is 7.11 Å². The van der Waals surface area contributed by atoms with Crippen molar-refractivity contribution in [3.8, 4) is 0 Å². The van der Waals surface area contributed by atoms with Crippen molar-refractivity contribution in [2.45, 2.75) is 168 Å². The Labute approximate surface area is 279 Å². The number of unbranched alkanes of at least 4 members (excludes halogenated alkanes) is 12. The van der Waals surface area contributed by atoms with E-state index in [0.717, 1.165) is 19.3 Å². The highest BCUT2D eigenvalue weighted by Crippen LogP contribution is 2.14. The van der Waals surface area contributed by atoms with Crippen LogP contribution in [0.25, 0.3) is 0 Å². The average molecular weight is 653 g/mol. The van der Waals surface area contributed by atoms with Crippen molar-refractivity contribution in [3.63, 3.8) is 0 Å². The van der Waals surface area contributed by atoms with Gasteiger partial charge in [-0.05, 0) is 43.9 Å². The number of nitrogens with two attached hydrogens (primary N) is 2. The molecule has 0 radical (unpaired) electrons. The lowest BCUT2D eigenvalue weighted by molar-refractivity contribution is -0.145. The number of amides is 3. The molecule has 11 nitrogen and oxygen atoms in total. The van der Waals surface area contributed by atoms with Crippen LogP contribution in [-0.4, -0.2) is 61.4 Å². The molecule has 0 saturated heterocycles. The zero-order valence-electron chi connectivity index (χ0n) is 30.0. The van der Waals surface area contributed by atoms with E-state index < -0.39 is 35.9 Å². The van der Waals surface area contributed by atoms with Crippen LogP contribution in [0.1, 0.15) is 150 Å². The molecule has 7 N–H and O–H groups in total. The molecular weight excluding hydrogens is 584 g/mol. The number of ether oxygens (including phenoxy) is 1. The van der Waals surface area contributed by atoms with Crippen molar-refractivity contribution >= 4 is 29.7 Å². The summed E-state index contributed by atoms with van der Waals surface area (Å²) >= 11 is 0. The molecule has 3 atom stereocenters. The summed E-state index contributed by atoms with van der Waals surface area (Å²) in [6.45, 7) is 10.4. The number of aliphatic imine (C=N–C) groups is 1. The first-order chi connectivity index (χ1) is 21.9. The number of rotatable bonds is 28. The van der Waals surface area contributed by atoms with E-state index in [1.807, 2.05) is 27.7 Å². The molecule has 0 spiro atoms. The van der Waals surface area contributed by atoms with E-state index in [1.54, 1.807) is 0 Å². The quantitative estimate of drug-likeness (QED) is 0.0332. The number of hydrogen-bond donors (Lipinski definition) is 5. The largest absolute Gasteiger partial charge is 0.467 e. The molecule has 0 heterocycles. The van der Waals surface area contributed by atoms with Gasteiger partial charge in [-0.2, -0.15) is 0 Å². The number of nitrogens with zero attached hydrogens (tertiary/aromatic N) is 1. The maximum atomic E-state index is 13.4. The number of nitrogens with one attached hydrogen (secondary N) is 3. The molecule has 0 unspecified atom stereocenters. The summed E-state index contributed by atoms with van der Waals surface area (Å²) in [5, 5.41) is 8.49. The Morgan fingerprint density at radius 1 is 0.630 bits per heavy atom. The van der Waals surface area contributed by atoms with Crippen LogP contribution < -0.4 is 27.4 Å². The summed E-state index contributed by atoms with van der Waals surface area (Å²) in [5.41, 5.74) is 10.7. The minimum atomic E-state index is -0.912. The molecule has 268 valence electrons. The smallest absolute Gasteiger partial charge is 0.328 e. The molecule has 0 aliphatic heterocycles. The number of hydrogen-bond acceptors (Lipinski definition) is 6. The average Bonchev–Trinajstić information content (AvgIpc) is 2.99. The molecule has 0 saturated carbocycles. The van der Waals surface area contributed by atoms with Gasteiger partial charge < -0.3 is 32.2 Å². The van der Waals surface area contributed by atoms with E-state index >= 15 is 0 Å². The minimum absolute atomic E-state index is 0.0502. The second kappa shape index (κ2) is 27.3. The minimum Gasteiger partial charge on any atom is -0.467 e. The fourth-order valence-corrected chi connectivity index (χ4v) is 5.42. The topological polar surface area (TPSA) is 178 Å². The lowest BCUT2D eigenvalue weighted by atomic mass is 9.99. The van der Waals surface area contributed by atoms with Crippen LogP contribution in [0.4, 0.5) is 0 Å². The van der Waals surface area contributed by atoms with Crippen LogP contribution in [-0.2, 0) is 23.9 Å². The Balaban J connectivity index is 4.88. The maximum Gasteiger partial charge on any atom is 0.328 e. The van der Waals surface area contributed by atoms with Crippen molar-refractivity contribution in [1.29, 1.82) is 0 Å². The lowest BCUT2D eigenvalue weighted by Crippen LogP contribution is -2.56. The van der Waals surface area contributed by atoms with E-state index in [2.05, 4.69) is 27.9 Å². The standard InChI is InChI=1S/C35H68N6O5/c1-7-8-9-10-11-12-13-14-15-16-17-18-19-22-31(42)39-29(24-26(2)3)32(43)41-30(25-27(4)5)33(44)40-28(34(45)46-6)21-20-23-38-35(36)37/h26-30H,7-25H2,1-6H3,(H,39,42)(H,40,44)(H,41,43)(H4,36,37,38)/t28-,29-,30-/m0/s1. The van der Waals surface area contributed by atoms with Crippen LogP contribution in [0.2, 0.25) is 0 Å². The van der Waals surface area contributed by atoms with Crippen molar-refractivity contribution < 1.29 is 23.9 Å². The number of carbonyl (C=O) groups is 4. The van der Waals surface area contributed by atoms with Gasteiger partial charge in [-0.25, -0.2) is 4.79 Å². The molecule has 0 fully saturated rings. The molecule has 0 aromatic heterocycles. The van der Waals surface area contributed by atoms with Gasteiger partial charge >= 0.3 is 5.97 Å². The summed E-state index contributed by atoms with van der Waals surface area (Å²) < 4.78 is 4.87. The van der Waals surface area contributed by atoms with E-state index in [1.165, 1.54) is 71.3 Å². The molecule has 0 aromatic rings. The van der Waals surface area contributed by atoms with Crippen molar-refractivity contribution in [2.75, 3.05) is 13.7 Å². The molecular formula is C35H68N6O5. The molecule has 3 amide bonds. The molecule has 0 aliphatic carbocycles. The first kappa shape index (κ1) is 43.1. The summed E-state index contributed by atoms with van der Waals surface area (Å²) in [6, 6.07) is -2.55. The van der Waals surface area contributed by atoms with E-state index in [0.29, 0.717) is 32.2 Å². The Morgan fingerprint density at radius 3 is 1.50 bits per heavy atom.